The number of hydrogen-bond donors (Lipinski definition) is 2. The van der Waals surface area contributed by atoms with E-state index in [2.05, 4.69) is 10.7 Å². The second-order valence-electron chi connectivity index (χ2n) is 6.27. The summed E-state index contributed by atoms with van der Waals surface area (Å²) >= 11 is 0. The standard InChI is InChI=1S/C19H16N4O4/c24-16-9-10-18(26)23(21-16)13-7-5-12(6-8-13)19(27)22-11-17(25)20-14-3-1-2-4-15(14)22/h1-8H,9-11H2,(H,20,25)(H,21,24). The number of nitrogens with zero attached hydrogens (tertiary/aromatic N) is 2. The van der Waals surface area contributed by atoms with Crippen molar-refractivity contribution in [2.45, 2.75) is 12.8 Å². The van der Waals surface area contributed by atoms with Crippen LogP contribution in [0.15, 0.2) is 48.5 Å². The normalized spacial score (nSPS) is 16.5. The predicted octanol–water partition coefficient (Wildman–Crippen LogP) is 1.44. The van der Waals surface area contributed by atoms with Crippen LogP contribution in [-0.2, 0) is 14.4 Å². The van der Waals surface area contributed by atoms with Crippen LogP contribution in [0.4, 0.5) is 17.1 Å². The van der Waals surface area contributed by atoms with Gasteiger partial charge in [-0.05, 0) is 36.4 Å². The smallest absolute Gasteiger partial charge is 0.258 e. The first-order valence-electron chi connectivity index (χ1n) is 8.46. The van der Waals surface area contributed by atoms with Crippen LogP contribution >= 0.6 is 0 Å². The molecule has 2 heterocycles. The van der Waals surface area contributed by atoms with Crippen LogP contribution in [0.25, 0.3) is 0 Å². The molecule has 2 aromatic carbocycles. The van der Waals surface area contributed by atoms with Gasteiger partial charge in [-0.2, -0.15) is 0 Å². The summed E-state index contributed by atoms with van der Waals surface area (Å²) in [4.78, 5) is 49.7. The Bertz CT molecular complexity index is 954. The molecular formula is C19H16N4O4. The van der Waals surface area contributed by atoms with Crippen molar-refractivity contribution < 1.29 is 19.2 Å². The van der Waals surface area contributed by atoms with E-state index in [0.29, 0.717) is 22.6 Å². The van der Waals surface area contributed by atoms with Gasteiger partial charge in [-0.25, -0.2) is 5.01 Å². The van der Waals surface area contributed by atoms with Crippen molar-refractivity contribution in [3.8, 4) is 0 Å². The van der Waals surface area contributed by atoms with E-state index in [1.807, 2.05) is 0 Å². The third kappa shape index (κ3) is 3.12. The molecule has 4 amide bonds. The van der Waals surface area contributed by atoms with Gasteiger partial charge in [0.25, 0.3) is 5.91 Å². The third-order valence-electron chi connectivity index (χ3n) is 4.44. The lowest BCUT2D eigenvalue weighted by Crippen LogP contribution is -2.50. The second kappa shape index (κ2) is 6.56. The van der Waals surface area contributed by atoms with Gasteiger partial charge < -0.3 is 5.32 Å². The van der Waals surface area contributed by atoms with E-state index in [-0.39, 0.29) is 43.0 Å². The van der Waals surface area contributed by atoms with Crippen LogP contribution in [-0.4, -0.2) is 30.2 Å². The number of fused-ring (bicyclic) bond motifs is 1. The summed E-state index contributed by atoms with van der Waals surface area (Å²) in [5, 5.41) is 3.92. The lowest BCUT2D eigenvalue weighted by Gasteiger charge is -2.29. The summed E-state index contributed by atoms with van der Waals surface area (Å²) in [6.07, 6.45) is 0.314. The number of amides is 4. The van der Waals surface area contributed by atoms with Crippen molar-refractivity contribution in [3.63, 3.8) is 0 Å². The van der Waals surface area contributed by atoms with Gasteiger partial charge >= 0.3 is 0 Å². The Morgan fingerprint density at radius 3 is 2.41 bits per heavy atom. The Morgan fingerprint density at radius 1 is 0.889 bits per heavy atom. The van der Waals surface area contributed by atoms with Crippen molar-refractivity contribution in [2.24, 2.45) is 0 Å². The average Bonchev–Trinajstić information content (AvgIpc) is 2.69. The largest absolute Gasteiger partial charge is 0.323 e. The number of carbonyl (C=O) groups is 4. The molecule has 2 aliphatic heterocycles. The quantitative estimate of drug-likeness (QED) is 0.842. The van der Waals surface area contributed by atoms with Gasteiger partial charge in [0.05, 0.1) is 17.1 Å². The number of hydrazine groups is 1. The Kier molecular flexibility index (Phi) is 4.08. The fourth-order valence-electron chi connectivity index (χ4n) is 3.11. The van der Waals surface area contributed by atoms with Gasteiger partial charge in [0.2, 0.25) is 17.7 Å². The topological polar surface area (TPSA) is 98.8 Å². The first-order chi connectivity index (χ1) is 13.0. The van der Waals surface area contributed by atoms with Crippen LogP contribution in [0.5, 0.6) is 0 Å². The lowest BCUT2D eigenvalue weighted by molar-refractivity contribution is -0.130. The highest BCUT2D eigenvalue weighted by atomic mass is 16.2. The molecule has 0 atom stereocenters. The zero-order chi connectivity index (χ0) is 19.0. The number of rotatable bonds is 2. The molecule has 0 radical (unpaired) electrons. The summed E-state index contributed by atoms with van der Waals surface area (Å²) in [5.41, 5.74) is 4.57. The Hall–Kier alpha value is -3.68. The molecule has 8 nitrogen and oxygen atoms in total. The molecule has 27 heavy (non-hydrogen) atoms. The van der Waals surface area contributed by atoms with E-state index in [1.165, 1.54) is 9.91 Å². The molecule has 136 valence electrons. The minimum absolute atomic E-state index is 0.0712. The fourth-order valence-corrected chi connectivity index (χ4v) is 3.11. The molecule has 2 aliphatic rings. The summed E-state index contributed by atoms with van der Waals surface area (Å²) in [7, 11) is 0. The van der Waals surface area contributed by atoms with Gasteiger partial charge in [-0.1, -0.05) is 12.1 Å². The minimum atomic E-state index is -0.321. The van der Waals surface area contributed by atoms with Crippen molar-refractivity contribution in [1.82, 2.24) is 5.43 Å². The molecule has 0 aromatic heterocycles. The van der Waals surface area contributed by atoms with Crippen LogP contribution in [0, 0.1) is 0 Å². The third-order valence-corrected chi connectivity index (χ3v) is 4.44. The summed E-state index contributed by atoms with van der Waals surface area (Å²) in [5.74, 6) is -1.03. The lowest BCUT2D eigenvalue weighted by atomic mass is 10.1. The van der Waals surface area contributed by atoms with Crippen LogP contribution in [0.2, 0.25) is 0 Å². The number of hydrogen-bond acceptors (Lipinski definition) is 4. The number of anilines is 3. The van der Waals surface area contributed by atoms with Gasteiger partial charge in [-0.15, -0.1) is 0 Å². The molecule has 2 N–H and O–H groups in total. The van der Waals surface area contributed by atoms with E-state index >= 15 is 0 Å². The maximum absolute atomic E-state index is 12.9. The molecule has 1 fully saturated rings. The van der Waals surface area contributed by atoms with Gasteiger partial charge in [0, 0.05) is 18.4 Å². The molecule has 0 unspecified atom stereocenters. The summed E-state index contributed by atoms with van der Waals surface area (Å²) in [6.45, 7) is -0.0712. The second-order valence-corrected chi connectivity index (χ2v) is 6.27. The minimum Gasteiger partial charge on any atom is -0.323 e. The van der Waals surface area contributed by atoms with E-state index in [9.17, 15) is 19.2 Å². The molecule has 1 saturated heterocycles. The van der Waals surface area contributed by atoms with E-state index in [0.717, 1.165) is 0 Å². The van der Waals surface area contributed by atoms with Crippen LogP contribution in [0.3, 0.4) is 0 Å². The molecule has 0 saturated carbocycles. The summed E-state index contributed by atoms with van der Waals surface area (Å²) in [6, 6.07) is 13.4. The van der Waals surface area contributed by atoms with Crippen molar-refractivity contribution in [3.05, 3.63) is 54.1 Å². The van der Waals surface area contributed by atoms with E-state index < -0.39 is 0 Å². The fraction of sp³-hybridized carbons (Fsp3) is 0.158. The molecular weight excluding hydrogens is 348 g/mol. The highest BCUT2D eigenvalue weighted by Crippen LogP contribution is 2.30. The Labute approximate surface area is 154 Å². The van der Waals surface area contributed by atoms with Gasteiger partial charge in [0.15, 0.2) is 0 Å². The maximum Gasteiger partial charge on any atom is 0.258 e. The SMILES string of the molecule is O=C1CN(C(=O)c2ccc(N3NC(=O)CCC3=O)cc2)c2ccccc2N1. The van der Waals surface area contributed by atoms with Crippen molar-refractivity contribution in [2.75, 3.05) is 21.8 Å². The molecule has 2 aromatic rings. The highest BCUT2D eigenvalue weighted by molar-refractivity contribution is 6.15. The zero-order valence-electron chi connectivity index (χ0n) is 14.3. The molecule has 0 aliphatic carbocycles. The van der Waals surface area contributed by atoms with Crippen molar-refractivity contribution in [1.29, 1.82) is 0 Å². The predicted molar refractivity (Wildman–Crippen MR) is 98.1 cm³/mol. The van der Waals surface area contributed by atoms with Gasteiger partial charge in [0.1, 0.15) is 6.54 Å². The molecule has 0 spiro atoms. The summed E-state index contributed by atoms with van der Waals surface area (Å²) < 4.78 is 0. The zero-order valence-corrected chi connectivity index (χ0v) is 14.3. The molecule has 0 bridgehead atoms. The first-order valence-corrected chi connectivity index (χ1v) is 8.46. The van der Waals surface area contributed by atoms with E-state index in [1.54, 1.807) is 48.5 Å². The number of nitrogens with one attached hydrogen (secondary N) is 2. The highest BCUT2D eigenvalue weighted by Gasteiger charge is 2.28. The first kappa shape index (κ1) is 16.8. The Morgan fingerprint density at radius 2 is 1.63 bits per heavy atom. The van der Waals surface area contributed by atoms with Crippen molar-refractivity contribution >= 4 is 40.7 Å². The number of carbonyl (C=O) groups excluding carboxylic acids is 4. The maximum atomic E-state index is 12.9. The van der Waals surface area contributed by atoms with E-state index in [4.69, 9.17) is 0 Å². The monoisotopic (exact) mass is 364 g/mol. The molecule has 4 rings (SSSR count). The average molecular weight is 364 g/mol. The molecule has 8 heteroatoms. The van der Waals surface area contributed by atoms with Crippen LogP contribution < -0.4 is 20.7 Å². The van der Waals surface area contributed by atoms with Crippen LogP contribution in [0.1, 0.15) is 23.2 Å². The van der Waals surface area contributed by atoms with Gasteiger partial charge in [-0.3, -0.25) is 29.5 Å². The number of benzene rings is 2. The number of para-hydroxylation sites is 2. The Balaban J connectivity index is 1.59.